The van der Waals surface area contributed by atoms with E-state index in [1.807, 2.05) is 13.0 Å². The first-order valence-corrected chi connectivity index (χ1v) is 10.6. The molecule has 1 atom stereocenters. The molecule has 1 fully saturated rings. The second kappa shape index (κ2) is 6.82. The predicted octanol–water partition coefficient (Wildman–Crippen LogP) is 2.30. The van der Waals surface area contributed by atoms with E-state index in [4.69, 9.17) is 0 Å². The first-order valence-electron chi connectivity index (χ1n) is 9.16. The number of sulfonamides is 1. The largest absolute Gasteiger partial charge is 0.330 e. The number of imidazole rings is 1. The van der Waals surface area contributed by atoms with Gasteiger partial charge in [0, 0.05) is 25.8 Å². The molecule has 28 heavy (non-hydrogen) atoms. The Balaban J connectivity index is 1.70. The molecule has 2 aromatic heterocycles. The molecule has 0 N–H and O–H groups in total. The average molecular weight is 404 g/mol. The Hall–Kier alpha value is -2.52. The summed E-state index contributed by atoms with van der Waals surface area (Å²) in [5.74, 6) is -0.441. The van der Waals surface area contributed by atoms with Crippen molar-refractivity contribution in [1.82, 2.24) is 18.4 Å². The number of halogens is 1. The number of hydrogen-bond donors (Lipinski definition) is 0. The van der Waals surface area contributed by atoms with E-state index in [-0.39, 0.29) is 28.7 Å². The maximum absolute atomic E-state index is 13.5. The maximum Gasteiger partial charge on any atom is 0.330 e. The minimum absolute atomic E-state index is 0.0634. The van der Waals surface area contributed by atoms with E-state index in [1.54, 1.807) is 21.4 Å². The number of hydrogen-bond acceptors (Lipinski definition) is 4. The third-order valence-corrected chi connectivity index (χ3v) is 7.16. The van der Waals surface area contributed by atoms with Crippen molar-refractivity contribution in [2.24, 2.45) is 0 Å². The lowest BCUT2D eigenvalue weighted by atomic mass is 10.2. The van der Waals surface area contributed by atoms with Crippen LogP contribution in [0.4, 0.5) is 4.39 Å². The Bertz CT molecular complexity index is 1220. The Labute approximate surface area is 162 Å². The molecule has 1 aliphatic heterocycles. The fourth-order valence-corrected chi connectivity index (χ4v) is 5.39. The van der Waals surface area contributed by atoms with Crippen molar-refractivity contribution < 1.29 is 12.8 Å². The highest BCUT2D eigenvalue weighted by molar-refractivity contribution is 7.89. The van der Waals surface area contributed by atoms with Crippen molar-refractivity contribution in [3.63, 3.8) is 0 Å². The second-order valence-electron chi connectivity index (χ2n) is 6.96. The maximum atomic E-state index is 13.5. The van der Waals surface area contributed by atoms with Gasteiger partial charge in [0.1, 0.15) is 5.82 Å². The molecule has 148 valence electrons. The predicted molar refractivity (Wildman–Crippen MR) is 103 cm³/mol. The van der Waals surface area contributed by atoms with E-state index in [1.165, 1.54) is 29.4 Å². The Kier molecular flexibility index (Phi) is 4.59. The van der Waals surface area contributed by atoms with Crippen LogP contribution in [0.5, 0.6) is 0 Å². The highest BCUT2D eigenvalue weighted by Gasteiger charge is 2.35. The fourth-order valence-electron chi connectivity index (χ4n) is 3.81. The van der Waals surface area contributed by atoms with Crippen molar-refractivity contribution >= 4 is 21.2 Å². The van der Waals surface area contributed by atoms with Gasteiger partial charge in [0.15, 0.2) is 5.65 Å². The van der Waals surface area contributed by atoms with Gasteiger partial charge in [-0.1, -0.05) is 0 Å². The summed E-state index contributed by atoms with van der Waals surface area (Å²) in [6.07, 6.45) is 2.14. The molecule has 0 saturated carbocycles. The second-order valence-corrected chi connectivity index (χ2v) is 8.90. The molecule has 0 amide bonds. The number of aromatic nitrogens is 3. The van der Waals surface area contributed by atoms with Gasteiger partial charge in [-0.25, -0.2) is 22.6 Å². The number of aryl methyl sites for hydroxylation is 2. The molecule has 0 bridgehead atoms. The lowest BCUT2D eigenvalue weighted by Crippen LogP contribution is -2.32. The molecular weight excluding hydrogens is 383 g/mol. The Morgan fingerprint density at radius 3 is 2.79 bits per heavy atom. The molecule has 4 rings (SSSR count). The van der Waals surface area contributed by atoms with Crippen LogP contribution in [0, 0.1) is 12.7 Å². The standard InChI is InChI=1S/C19H21FN4O3S/c1-3-23-17-5-4-9-21-18(17)24(19(23)25)14-8-10-22(12-14)28(26,27)15-6-7-16(20)13(2)11-15/h4-7,9,11,14H,3,8,10,12H2,1-2H3/t14-/m1/s1. The van der Waals surface area contributed by atoms with Crippen LogP contribution in [0.2, 0.25) is 0 Å². The highest BCUT2D eigenvalue weighted by Crippen LogP contribution is 2.29. The Morgan fingerprint density at radius 1 is 1.29 bits per heavy atom. The topological polar surface area (TPSA) is 77.2 Å². The van der Waals surface area contributed by atoms with Gasteiger partial charge in [-0.2, -0.15) is 4.31 Å². The quantitative estimate of drug-likeness (QED) is 0.669. The molecule has 0 unspecified atom stereocenters. The van der Waals surface area contributed by atoms with Crippen LogP contribution in [0.25, 0.3) is 11.2 Å². The summed E-state index contributed by atoms with van der Waals surface area (Å²) < 4.78 is 44.1. The number of fused-ring (bicyclic) bond motifs is 1. The van der Waals surface area contributed by atoms with Gasteiger partial charge in [0.25, 0.3) is 0 Å². The van der Waals surface area contributed by atoms with Crippen LogP contribution in [0.1, 0.15) is 24.9 Å². The van der Waals surface area contributed by atoms with E-state index < -0.39 is 15.8 Å². The van der Waals surface area contributed by atoms with Gasteiger partial charge in [-0.15, -0.1) is 0 Å². The van der Waals surface area contributed by atoms with E-state index in [0.29, 0.717) is 25.2 Å². The lowest BCUT2D eigenvalue weighted by molar-refractivity contribution is 0.448. The van der Waals surface area contributed by atoms with Crippen LogP contribution < -0.4 is 5.69 Å². The summed E-state index contributed by atoms with van der Waals surface area (Å²) in [6, 6.07) is 7.11. The van der Waals surface area contributed by atoms with Crippen molar-refractivity contribution in [3.8, 4) is 0 Å². The van der Waals surface area contributed by atoms with Gasteiger partial charge in [0.2, 0.25) is 10.0 Å². The molecule has 3 heterocycles. The molecule has 3 aromatic rings. The first kappa shape index (κ1) is 18.8. The minimum Gasteiger partial charge on any atom is -0.291 e. The number of nitrogens with zero attached hydrogens (tertiary/aromatic N) is 4. The summed E-state index contributed by atoms with van der Waals surface area (Å²) in [7, 11) is -3.76. The van der Waals surface area contributed by atoms with E-state index >= 15 is 0 Å². The van der Waals surface area contributed by atoms with Gasteiger partial charge in [-0.05, 0) is 56.2 Å². The third-order valence-electron chi connectivity index (χ3n) is 5.30. The summed E-state index contributed by atoms with van der Waals surface area (Å²) in [5, 5.41) is 0. The molecule has 1 aromatic carbocycles. The van der Waals surface area contributed by atoms with Gasteiger partial charge >= 0.3 is 5.69 Å². The smallest absolute Gasteiger partial charge is 0.291 e. The lowest BCUT2D eigenvalue weighted by Gasteiger charge is -2.17. The molecule has 1 aliphatic rings. The van der Waals surface area contributed by atoms with E-state index in [9.17, 15) is 17.6 Å². The van der Waals surface area contributed by atoms with Crippen molar-refractivity contribution in [3.05, 3.63) is 58.4 Å². The molecule has 0 radical (unpaired) electrons. The van der Waals surface area contributed by atoms with Crippen LogP contribution in [-0.4, -0.2) is 39.9 Å². The van der Waals surface area contributed by atoms with Gasteiger partial charge in [-0.3, -0.25) is 9.13 Å². The fraction of sp³-hybridized carbons (Fsp3) is 0.368. The third kappa shape index (κ3) is 2.85. The van der Waals surface area contributed by atoms with E-state index in [2.05, 4.69) is 4.98 Å². The SMILES string of the molecule is CCn1c(=O)n([C@@H]2CCN(S(=O)(=O)c3ccc(F)c(C)c3)C2)c2ncccc21. The molecule has 0 aliphatic carbocycles. The number of pyridine rings is 1. The summed E-state index contributed by atoms with van der Waals surface area (Å²) in [6.45, 7) is 4.41. The van der Waals surface area contributed by atoms with E-state index in [0.717, 1.165) is 5.52 Å². The van der Waals surface area contributed by atoms with Crippen molar-refractivity contribution in [2.45, 2.75) is 37.8 Å². The molecule has 9 heteroatoms. The summed E-state index contributed by atoms with van der Waals surface area (Å²) in [4.78, 5) is 17.3. The van der Waals surface area contributed by atoms with Gasteiger partial charge in [0.05, 0.1) is 16.5 Å². The number of benzene rings is 1. The zero-order valence-electron chi connectivity index (χ0n) is 15.7. The Morgan fingerprint density at radius 2 is 2.07 bits per heavy atom. The summed E-state index contributed by atoms with van der Waals surface area (Å²) >= 11 is 0. The van der Waals surface area contributed by atoms with Crippen LogP contribution in [0.15, 0.2) is 46.2 Å². The molecular formula is C19H21FN4O3S. The normalized spacial score (nSPS) is 18.2. The molecule has 1 saturated heterocycles. The number of rotatable bonds is 4. The van der Waals surface area contributed by atoms with Crippen LogP contribution in [-0.2, 0) is 16.6 Å². The summed E-state index contributed by atoms with van der Waals surface area (Å²) in [5.41, 5.74) is 1.41. The van der Waals surface area contributed by atoms with Crippen LogP contribution in [0.3, 0.4) is 0 Å². The van der Waals surface area contributed by atoms with Gasteiger partial charge < -0.3 is 0 Å². The van der Waals surface area contributed by atoms with Crippen LogP contribution >= 0.6 is 0 Å². The zero-order valence-corrected chi connectivity index (χ0v) is 16.5. The average Bonchev–Trinajstić information content (AvgIpc) is 3.26. The molecule has 0 spiro atoms. The van der Waals surface area contributed by atoms with Crippen molar-refractivity contribution in [1.29, 1.82) is 0 Å². The highest BCUT2D eigenvalue weighted by atomic mass is 32.2. The van der Waals surface area contributed by atoms with Crippen molar-refractivity contribution in [2.75, 3.05) is 13.1 Å². The monoisotopic (exact) mass is 404 g/mol. The first-order chi connectivity index (χ1) is 13.3. The minimum atomic E-state index is -3.76. The zero-order chi connectivity index (χ0) is 20.1. The molecule has 7 nitrogen and oxygen atoms in total.